The van der Waals surface area contributed by atoms with Crippen LogP contribution in [0.2, 0.25) is 5.02 Å². The van der Waals surface area contributed by atoms with Crippen molar-refractivity contribution in [3.63, 3.8) is 0 Å². The van der Waals surface area contributed by atoms with Gasteiger partial charge in [0.15, 0.2) is 5.76 Å². The SMILES string of the molecule is CNC(C)c1ncc(-c2cc(Cl)ccc2F)o1. The van der Waals surface area contributed by atoms with Gasteiger partial charge in [-0.1, -0.05) is 11.6 Å². The summed E-state index contributed by atoms with van der Waals surface area (Å²) in [5, 5.41) is 3.46. The summed E-state index contributed by atoms with van der Waals surface area (Å²) in [4.78, 5) is 4.10. The number of aromatic nitrogens is 1. The molecule has 0 radical (unpaired) electrons. The highest BCUT2D eigenvalue weighted by Gasteiger charge is 2.14. The summed E-state index contributed by atoms with van der Waals surface area (Å²) in [6.07, 6.45) is 1.50. The van der Waals surface area contributed by atoms with Crippen LogP contribution in [0.5, 0.6) is 0 Å². The minimum atomic E-state index is -0.380. The van der Waals surface area contributed by atoms with Crippen molar-refractivity contribution in [1.82, 2.24) is 10.3 Å². The molecule has 1 aromatic heterocycles. The van der Waals surface area contributed by atoms with Crippen molar-refractivity contribution in [2.24, 2.45) is 0 Å². The van der Waals surface area contributed by atoms with Crippen molar-refractivity contribution in [3.8, 4) is 11.3 Å². The van der Waals surface area contributed by atoms with E-state index < -0.39 is 0 Å². The molecule has 0 spiro atoms. The first-order valence-electron chi connectivity index (χ1n) is 5.20. The van der Waals surface area contributed by atoms with Crippen molar-refractivity contribution in [3.05, 3.63) is 41.1 Å². The Hall–Kier alpha value is -1.39. The average Bonchev–Trinajstić information content (AvgIpc) is 2.80. The lowest BCUT2D eigenvalue weighted by Crippen LogP contribution is -2.12. The molecule has 1 heterocycles. The topological polar surface area (TPSA) is 38.1 Å². The van der Waals surface area contributed by atoms with Gasteiger partial charge in [0.25, 0.3) is 0 Å². The van der Waals surface area contributed by atoms with Crippen LogP contribution in [0.4, 0.5) is 4.39 Å². The van der Waals surface area contributed by atoms with Gasteiger partial charge in [-0.25, -0.2) is 9.37 Å². The molecule has 0 aliphatic heterocycles. The lowest BCUT2D eigenvalue weighted by molar-refractivity contribution is 0.440. The fourth-order valence-corrected chi connectivity index (χ4v) is 1.59. The molecular weight excluding hydrogens is 243 g/mol. The Balaban J connectivity index is 2.40. The number of benzene rings is 1. The van der Waals surface area contributed by atoms with Gasteiger partial charge in [-0.05, 0) is 32.2 Å². The Labute approximate surface area is 104 Å². The number of nitrogens with zero attached hydrogens (tertiary/aromatic N) is 1. The molecule has 90 valence electrons. The number of hydrogen-bond acceptors (Lipinski definition) is 3. The van der Waals surface area contributed by atoms with Crippen molar-refractivity contribution < 1.29 is 8.81 Å². The van der Waals surface area contributed by atoms with Crippen LogP contribution in [0, 0.1) is 5.82 Å². The van der Waals surface area contributed by atoms with Gasteiger partial charge >= 0.3 is 0 Å². The molecule has 1 unspecified atom stereocenters. The maximum absolute atomic E-state index is 13.6. The molecule has 0 bridgehead atoms. The van der Waals surface area contributed by atoms with Crippen LogP contribution in [-0.2, 0) is 0 Å². The van der Waals surface area contributed by atoms with Crippen LogP contribution in [-0.4, -0.2) is 12.0 Å². The Morgan fingerprint density at radius 2 is 2.24 bits per heavy atom. The molecule has 3 nitrogen and oxygen atoms in total. The van der Waals surface area contributed by atoms with Gasteiger partial charge in [0.2, 0.25) is 5.89 Å². The smallest absolute Gasteiger partial charge is 0.211 e. The minimum absolute atomic E-state index is 0.0222. The number of halogens is 2. The van der Waals surface area contributed by atoms with E-state index in [1.165, 1.54) is 24.4 Å². The standard InChI is InChI=1S/C12H12ClFN2O/c1-7(15-2)12-16-6-11(17-12)9-5-8(13)3-4-10(9)14/h3-7,15H,1-2H3. The van der Waals surface area contributed by atoms with E-state index in [1.807, 2.05) is 6.92 Å². The van der Waals surface area contributed by atoms with Gasteiger partial charge in [0, 0.05) is 5.02 Å². The summed E-state index contributed by atoms with van der Waals surface area (Å²) in [5.74, 6) is 0.512. The summed E-state index contributed by atoms with van der Waals surface area (Å²) in [6, 6.07) is 4.30. The van der Waals surface area contributed by atoms with E-state index in [9.17, 15) is 4.39 Å². The zero-order chi connectivity index (χ0) is 12.4. The first kappa shape index (κ1) is 12.1. The summed E-state index contributed by atoms with van der Waals surface area (Å²) >= 11 is 5.82. The average molecular weight is 255 g/mol. The molecule has 5 heteroatoms. The lowest BCUT2D eigenvalue weighted by atomic mass is 10.2. The van der Waals surface area contributed by atoms with Gasteiger partial charge in [-0.3, -0.25) is 0 Å². The van der Waals surface area contributed by atoms with Crippen LogP contribution in [0.15, 0.2) is 28.8 Å². The second-order valence-corrected chi connectivity index (χ2v) is 4.13. The molecule has 2 rings (SSSR count). The third-order valence-electron chi connectivity index (χ3n) is 2.52. The first-order valence-corrected chi connectivity index (χ1v) is 5.58. The zero-order valence-electron chi connectivity index (χ0n) is 9.50. The van der Waals surface area contributed by atoms with Crippen molar-refractivity contribution in [2.75, 3.05) is 7.05 Å². The van der Waals surface area contributed by atoms with E-state index in [2.05, 4.69) is 10.3 Å². The number of hydrogen-bond donors (Lipinski definition) is 1. The molecule has 0 aliphatic carbocycles. The third kappa shape index (κ3) is 2.48. The Morgan fingerprint density at radius 1 is 1.47 bits per heavy atom. The van der Waals surface area contributed by atoms with Crippen molar-refractivity contribution in [2.45, 2.75) is 13.0 Å². The fraction of sp³-hybridized carbons (Fsp3) is 0.250. The number of oxazole rings is 1. The quantitative estimate of drug-likeness (QED) is 0.912. The van der Waals surface area contributed by atoms with Crippen LogP contribution < -0.4 is 5.32 Å². The van der Waals surface area contributed by atoms with E-state index in [4.69, 9.17) is 16.0 Å². The maximum atomic E-state index is 13.6. The molecule has 2 aromatic rings. The van der Waals surface area contributed by atoms with E-state index in [-0.39, 0.29) is 11.9 Å². The minimum Gasteiger partial charge on any atom is -0.439 e. The highest BCUT2D eigenvalue weighted by molar-refractivity contribution is 6.30. The molecule has 17 heavy (non-hydrogen) atoms. The predicted octanol–water partition coefficient (Wildman–Crippen LogP) is 3.41. The summed E-state index contributed by atoms with van der Waals surface area (Å²) in [7, 11) is 1.80. The summed E-state index contributed by atoms with van der Waals surface area (Å²) in [5.41, 5.74) is 0.319. The zero-order valence-corrected chi connectivity index (χ0v) is 10.3. The van der Waals surface area contributed by atoms with Gasteiger partial charge in [-0.2, -0.15) is 0 Å². The van der Waals surface area contributed by atoms with Crippen LogP contribution in [0.25, 0.3) is 11.3 Å². The van der Waals surface area contributed by atoms with Gasteiger partial charge in [-0.15, -0.1) is 0 Å². The van der Waals surface area contributed by atoms with Crippen LogP contribution in [0.3, 0.4) is 0 Å². The summed E-state index contributed by atoms with van der Waals surface area (Å²) in [6.45, 7) is 1.91. The van der Waals surface area contributed by atoms with E-state index >= 15 is 0 Å². The highest BCUT2D eigenvalue weighted by atomic mass is 35.5. The van der Waals surface area contributed by atoms with Crippen LogP contribution >= 0.6 is 11.6 Å². The monoisotopic (exact) mass is 254 g/mol. The van der Waals surface area contributed by atoms with Gasteiger partial charge in [0.1, 0.15) is 5.82 Å². The van der Waals surface area contributed by atoms with E-state index in [0.717, 1.165) is 0 Å². The van der Waals surface area contributed by atoms with Gasteiger partial charge < -0.3 is 9.73 Å². The third-order valence-corrected chi connectivity index (χ3v) is 2.76. The molecule has 1 aromatic carbocycles. The normalized spacial score (nSPS) is 12.7. The fourth-order valence-electron chi connectivity index (χ4n) is 1.42. The molecule has 1 atom stereocenters. The second-order valence-electron chi connectivity index (χ2n) is 3.70. The maximum Gasteiger partial charge on any atom is 0.211 e. The largest absolute Gasteiger partial charge is 0.439 e. The lowest BCUT2D eigenvalue weighted by Gasteiger charge is -2.04. The Bertz CT molecular complexity index is 527. The molecule has 0 amide bonds. The second kappa shape index (κ2) is 4.85. The number of nitrogens with one attached hydrogen (secondary N) is 1. The van der Waals surface area contributed by atoms with Gasteiger partial charge in [0.05, 0.1) is 17.8 Å². The van der Waals surface area contributed by atoms with E-state index in [1.54, 1.807) is 7.05 Å². The molecule has 0 saturated carbocycles. The van der Waals surface area contributed by atoms with E-state index in [0.29, 0.717) is 22.2 Å². The summed E-state index contributed by atoms with van der Waals surface area (Å²) < 4.78 is 19.1. The molecule has 0 saturated heterocycles. The molecular formula is C12H12ClFN2O. The van der Waals surface area contributed by atoms with Crippen molar-refractivity contribution >= 4 is 11.6 Å². The molecule has 0 aliphatic rings. The number of rotatable bonds is 3. The Kier molecular flexibility index (Phi) is 3.45. The first-order chi connectivity index (χ1) is 8.11. The highest BCUT2D eigenvalue weighted by Crippen LogP contribution is 2.27. The predicted molar refractivity (Wildman–Crippen MR) is 64.4 cm³/mol. The van der Waals surface area contributed by atoms with Crippen LogP contribution in [0.1, 0.15) is 18.9 Å². The Morgan fingerprint density at radius 3 is 2.94 bits per heavy atom. The molecule has 0 fully saturated rings. The van der Waals surface area contributed by atoms with Crippen molar-refractivity contribution in [1.29, 1.82) is 0 Å². The molecule has 1 N–H and O–H groups in total.